The number of hydrogen-bond donors (Lipinski definition) is 1. The van der Waals surface area contributed by atoms with Gasteiger partial charge in [-0.1, -0.05) is 48.8 Å². The van der Waals surface area contributed by atoms with E-state index in [0.29, 0.717) is 4.83 Å². The highest BCUT2D eigenvalue weighted by Crippen LogP contribution is 2.42. The second kappa shape index (κ2) is 4.62. The number of alkyl halides is 1. The zero-order chi connectivity index (χ0) is 14.4. The quantitative estimate of drug-likeness (QED) is 0.779. The highest BCUT2D eigenvalue weighted by molar-refractivity contribution is 9.09. The normalized spacial score (nSPS) is 18.9. The van der Waals surface area contributed by atoms with Gasteiger partial charge in [-0.15, -0.1) is 0 Å². The molecule has 1 aliphatic heterocycles. The summed E-state index contributed by atoms with van der Waals surface area (Å²) in [7, 11) is 0. The van der Waals surface area contributed by atoms with E-state index < -0.39 is 5.41 Å². The molecule has 1 aromatic carbocycles. The summed E-state index contributed by atoms with van der Waals surface area (Å²) in [6, 6.07) is 6.29. The molecule has 104 valence electrons. The standard InChI is InChI=1S/C16H22BrNO/c1-15(2,3)9-12(17)10-6-7-13-11(8-10)16(4,5)14(19)18-13/h6-8,12H,9H2,1-5H3,(H,18,19). The van der Waals surface area contributed by atoms with Crippen molar-refractivity contribution in [2.45, 2.75) is 51.3 Å². The highest BCUT2D eigenvalue weighted by atomic mass is 79.9. The molecular weight excluding hydrogens is 302 g/mol. The molecule has 1 aliphatic rings. The Kier molecular flexibility index (Phi) is 3.54. The Morgan fingerprint density at radius 2 is 1.95 bits per heavy atom. The fourth-order valence-corrected chi connectivity index (χ4v) is 3.70. The molecule has 0 saturated heterocycles. The molecule has 1 heterocycles. The zero-order valence-corrected chi connectivity index (χ0v) is 13.9. The number of amides is 1. The first-order chi connectivity index (χ1) is 8.61. The van der Waals surface area contributed by atoms with E-state index in [1.54, 1.807) is 0 Å². The molecule has 1 aromatic rings. The Morgan fingerprint density at radius 1 is 1.32 bits per heavy atom. The van der Waals surface area contributed by atoms with Gasteiger partial charge in [-0.3, -0.25) is 4.79 Å². The third-order valence-corrected chi connectivity index (χ3v) is 4.54. The van der Waals surface area contributed by atoms with Gasteiger partial charge >= 0.3 is 0 Å². The lowest BCUT2D eigenvalue weighted by Gasteiger charge is -2.23. The van der Waals surface area contributed by atoms with Crippen LogP contribution in [0.4, 0.5) is 5.69 Å². The number of fused-ring (bicyclic) bond motifs is 1. The van der Waals surface area contributed by atoms with Gasteiger partial charge in [0.1, 0.15) is 0 Å². The number of carbonyl (C=O) groups excluding carboxylic acids is 1. The van der Waals surface area contributed by atoms with Crippen molar-refractivity contribution in [3.63, 3.8) is 0 Å². The number of halogens is 1. The van der Waals surface area contributed by atoms with Crippen LogP contribution in [0, 0.1) is 5.41 Å². The minimum absolute atomic E-state index is 0.0848. The van der Waals surface area contributed by atoms with Gasteiger partial charge in [0, 0.05) is 10.5 Å². The smallest absolute Gasteiger partial charge is 0.234 e. The van der Waals surface area contributed by atoms with Crippen LogP contribution in [0.25, 0.3) is 0 Å². The van der Waals surface area contributed by atoms with Crippen LogP contribution >= 0.6 is 15.9 Å². The average Bonchev–Trinajstić information content (AvgIpc) is 2.47. The summed E-state index contributed by atoms with van der Waals surface area (Å²) in [5.41, 5.74) is 3.15. The minimum Gasteiger partial charge on any atom is -0.325 e. The number of anilines is 1. The lowest BCUT2D eigenvalue weighted by atomic mass is 9.83. The Bertz CT molecular complexity index is 514. The van der Waals surface area contributed by atoms with Crippen LogP contribution in [0.1, 0.15) is 57.0 Å². The van der Waals surface area contributed by atoms with Crippen LogP contribution in [0.5, 0.6) is 0 Å². The number of nitrogens with one attached hydrogen (secondary N) is 1. The van der Waals surface area contributed by atoms with Crippen LogP contribution in [0.2, 0.25) is 0 Å². The van der Waals surface area contributed by atoms with E-state index in [4.69, 9.17) is 0 Å². The molecule has 3 heteroatoms. The number of hydrogen-bond acceptors (Lipinski definition) is 1. The Balaban J connectivity index is 2.33. The van der Waals surface area contributed by atoms with Crippen molar-refractivity contribution in [1.29, 1.82) is 0 Å². The van der Waals surface area contributed by atoms with Gasteiger partial charge in [-0.05, 0) is 42.9 Å². The number of benzene rings is 1. The van der Waals surface area contributed by atoms with Crippen molar-refractivity contribution in [1.82, 2.24) is 0 Å². The largest absolute Gasteiger partial charge is 0.325 e. The van der Waals surface area contributed by atoms with Crippen molar-refractivity contribution in [2.75, 3.05) is 5.32 Å². The summed E-state index contributed by atoms with van der Waals surface area (Å²) in [5.74, 6) is 0.0848. The predicted octanol–water partition coefficient (Wildman–Crippen LogP) is 4.79. The molecule has 1 unspecified atom stereocenters. The fraction of sp³-hybridized carbons (Fsp3) is 0.562. The van der Waals surface area contributed by atoms with Crippen LogP contribution in [-0.2, 0) is 10.2 Å². The molecule has 0 aliphatic carbocycles. The van der Waals surface area contributed by atoms with E-state index >= 15 is 0 Å². The molecule has 2 nitrogen and oxygen atoms in total. The van der Waals surface area contributed by atoms with Crippen molar-refractivity contribution >= 4 is 27.5 Å². The molecule has 0 radical (unpaired) electrons. The molecule has 0 fully saturated rings. The van der Waals surface area contributed by atoms with E-state index in [9.17, 15) is 4.79 Å². The SMILES string of the molecule is CC(C)(C)CC(Br)c1ccc2c(c1)C(C)(C)C(=O)N2. The van der Waals surface area contributed by atoms with Crippen LogP contribution in [-0.4, -0.2) is 5.91 Å². The van der Waals surface area contributed by atoms with Crippen molar-refractivity contribution in [3.8, 4) is 0 Å². The van der Waals surface area contributed by atoms with E-state index in [1.807, 2.05) is 19.9 Å². The summed E-state index contributed by atoms with van der Waals surface area (Å²) in [4.78, 5) is 12.3. The second-order valence-corrected chi connectivity index (χ2v) is 8.22. The van der Waals surface area contributed by atoms with Crippen LogP contribution in [0.3, 0.4) is 0 Å². The zero-order valence-electron chi connectivity index (χ0n) is 12.3. The first-order valence-corrected chi connectivity index (χ1v) is 7.63. The molecule has 1 N–H and O–H groups in total. The molecule has 0 saturated carbocycles. The van der Waals surface area contributed by atoms with Gasteiger partial charge in [0.05, 0.1) is 5.41 Å². The van der Waals surface area contributed by atoms with Crippen molar-refractivity contribution < 1.29 is 4.79 Å². The van der Waals surface area contributed by atoms with E-state index in [1.165, 1.54) is 5.56 Å². The maximum Gasteiger partial charge on any atom is 0.234 e. The topological polar surface area (TPSA) is 29.1 Å². The third kappa shape index (κ3) is 2.86. The average molecular weight is 324 g/mol. The van der Waals surface area contributed by atoms with E-state index in [-0.39, 0.29) is 11.3 Å². The summed E-state index contributed by atoms with van der Waals surface area (Å²) in [6.45, 7) is 10.7. The molecule has 2 rings (SSSR count). The van der Waals surface area contributed by atoms with Crippen molar-refractivity contribution in [2.24, 2.45) is 5.41 Å². The molecular formula is C16H22BrNO. The Morgan fingerprint density at radius 3 is 2.53 bits per heavy atom. The summed E-state index contributed by atoms with van der Waals surface area (Å²) >= 11 is 3.78. The van der Waals surface area contributed by atoms with E-state index in [2.05, 4.69) is 54.2 Å². The first-order valence-electron chi connectivity index (χ1n) is 6.71. The third-order valence-electron chi connectivity index (χ3n) is 3.69. The van der Waals surface area contributed by atoms with Gasteiger partial charge in [0.2, 0.25) is 5.91 Å². The maximum atomic E-state index is 11.9. The van der Waals surface area contributed by atoms with Crippen LogP contribution in [0.15, 0.2) is 18.2 Å². The molecule has 0 bridgehead atoms. The maximum absolute atomic E-state index is 11.9. The fourth-order valence-electron chi connectivity index (χ4n) is 2.44. The van der Waals surface area contributed by atoms with Gasteiger partial charge in [0.15, 0.2) is 0 Å². The Labute approximate surface area is 124 Å². The van der Waals surface area contributed by atoms with Gasteiger partial charge in [0.25, 0.3) is 0 Å². The molecule has 0 spiro atoms. The summed E-state index contributed by atoms with van der Waals surface area (Å²) in [6.07, 6.45) is 1.06. The molecule has 1 amide bonds. The lowest BCUT2D eigenvalue weighted by Crippen LogP contribution is -2.26. The molecule has 0 aromatic heterocycles. The van der Waals surface area contributed by atoms with E-state index in [0.717, 1.165) is 17.7 Å². The number of carbonyl (C=O) groups is 1. The van der Waals surface area contributed by atoms with Gasteiger partial charge in [-0.2, -0.15) is 0 Å². The number of rotatable bonds is 2. The second-order valence-electron chi connectivity index (χ2n) is 7.12. The monoisotopic (exact) mass is 323 g/mol. The predicted molar refractivity (Wildman–Crippen MR) is 83.8 cm³/mol. The van der Waals surface area contributed by atoms with Gasteiger partial charge in [-0.25, -0.2) is 0 Å². The van der Waals surface area contributed by atoms with Crippen molar-refractivity contribution in [3.05, 3.63) is 29.3 Å². The highest BCUT2D eigenvalue weighted by Gasteiger charge is 2.38. The van der Waals surface area contributed by atoms with Gasteiger partial charge < -0.3 is 5.32 Å². The first kappa shape index (κ1) is 14.6. The summed E-state index contributed by atoms with van der Waals surface area (Å²) < 4.78 is 0. The van der Waals surface area contributed by atoms with Crippen LogP contribution < -0.4 is 5.32 Å². The molecule has 19 heavy (non-hydrogen) atoms. The lowest BCUT2D eigenvalue weighted by molar-refractivity contribution is -0.119. The Hall–Kier alpha value is -0.830. The minimum atomic E-state index is -0.431. The summed E-state index contributed by atoms with van der Waals surface area (Å²) in [5, 5.41) is 2.95. The molecule has 1 atom stereocenters.